The molecule has 1 heterocycles. The number of hydrogen-bond acceptors (Lipinski definition) is 3. The molecule has 0 atom stereocenters. The van der Waals surface area contributed by atoms with Crippen LogP contribution in [0, 0.1) is 0 Å². The molecule has 2 N–H and O–H groups in total. The highest BCUT2D eigenvalue weighted by Gasteiger charge is 1.98. The molecule has 0 saturated heterocycles. The van der Waals surface area contributed by atoms with E-state index >= 15 is 0 Å². The number of hydrogen-bond donors (Lipinski definition) is 1. The van der Waals surface area contributed by atoms with E-state index in [1.165, 1.54) is 10.7 Å². The number of unbranched alkanes of at least 4 members (excludes halogenated alkanes) is 2. The lowest BCUT2D eigenvalue weighted by atomic mass is 10.2. The molecule has 0 unspecified atom stereocenters. The second kappa shape index (κ2) is 4.64. The Morgan fingerprint density at radius 3 is 3.00 bits per heavy atom. The van der Waals surface area contributed by atoms with Crippen molar-refractivity contribution < 1.29 is 0 Å². The van der Waals surface area contributed by atoms with Gasteiger partial charge >= 0.3 is 0 Å². The van der Waals surface area contributed by atoms with E-state index in [9.17, 15) is 4.79 Å². The number of anilines is 1. The van der Waals surface area contributed by atoms with Crippen LogP contribution >= 0.6 is 0 Å². The lowest BCUT2D eigenvalue weighted by Gasteiger charge is -2.03. The van der Waals surface area contributed by atoms with Gasteiger partial charge in [0.2, 0.25) is 0 Å². The first-order valence-electron chi connectivity index (χ1n) is 4.57. The number of nitrogens with two attached hydrogens (primary N) is 1. The molecule has 0 bridgehead atoms. The maximum absolute atomic E-state index is 11.3. The van der Waals surface area contributed by atoms with Crippen molar-refractivity contribution >= 4 is 5.69 Å². The zero-order valence-corrected chi connectivity index (χ0v) is 7.86. The number of aryl methyl sites for hydroxylation is 1. The summed E-state index contributed by atoms with van der Waals surface area (Å²) in [6, 6.07) is 1.53. The Morgan fingerprint density at radius 1 is 1.54 bits per heavy atom. The lowest BCUT2D eigenvalue weighted by Crippen LogP contribution is -2.24. The summed E-state index contributed by atoms with van der Waals surface area (Å²) in [6.07, 6.45) is 4.79. The second-order valence-corrected chi connectivity index (χ2v) is 3.02. The van der Waals surface area contributed by atoms with E-state index in [0.29, 0.717) is 6.54 Å². The van der Waals surface area contributed by atoms with Crippen LogP contribution in [0.1, 0.15) is 26.2 Å². The van der Waals surface area contributed by atoms with Crippen LogP contribution in [0.5, 0.6) is 0 Å². The Bertz CT molecular complexity index is 319. The van der Waals surface area contributed by atoms with Gasteiger partial charge < -0.3 is 5.73 Å². The fourth-order valence-corrected chi connectivity index (χ4v) is 1.14. The summed E-state index contributed by atoms with van der Waals surface area (Å²) in [5.41, 5.74) is 5.54. The van der Waals surface area contributed by atoms with E-state index in [1.807, 2.05) is 0 Å². The van der Waals surface area contributed by atoms with Crippen molar-refractivity contribution in [3.05, 3.63) is 22.6 Å². The van der Waals surface area contributed by atoms with E-state index in [0.717, 1.165) is 19.3 Å². The van der Waals surface area contributed by atoms with Crippen LogP contribution in [0.3, 0.4) is 0 Å². The summed E-state index contributed by atoms with van der Waals surface area (Å²) in [5, 5.41) is 3.94. The zero-order valence-electron chi connectivity index (χ0n) is 7.86. The van der Waals surface area contributed by atoms with Gasteiger partial charge in [0.15, 0.2) is 0 Å². The topological polar surface area (TPSA) is 60.9 Å². The Kier molecular flexibility index (Phi) is 3.49. The second-order valence-electron chi connectivity index (χ2n) is 3.02. The van der Waals surface area contributed by atoms with E-state index in [-0.39, 0.29) is 11.2 Å². The van der Waals surface area contributed by atoms with Gasteiger partial charge in [-0.2, -0.15) is 5.10 Å². The van der Waals surface area contributed by atoms with Gasteiger partial charge in [-0.1, -0.05) is 19.8 Å². The summed E-state index contributed by atoms with van der Waals surface area (Å²) in [7, 11) is 0. The van der Waals surface area contributed by atoms with E-state index in [2.05, 4.69) is 12.0 Å². The van der Waals surface area contributed by atoms with E-state index < -0.39 is 0 Å². The molecule has 0 aliphatic carbocycles. The molecule has 1 rings (SSSR count). The van der Waals surface area contributed by atoms with Crippen LogP contribution < -0.4 is 11.3 Å². The van der Waals surface area contributed by atoms with Crippen molar-refractivity contribution in [2.75, 3.05) is 5.73 Å². The lowest BCUT2D eigenvalue weighted by molar-refractivity contribution is 0.529. The van der Waals surface area contributed by atoms with Gasteiger partial charge in [-0.3, -0.25) is 4.79 Å². The zero-order chi connectivity index (χ0) is 9.68. The minimum Gasteiger partial charge on any atom is -0.394 e. The molecule has 13 heavy (non-hydrogen) atoms. The molecule has 0 saturated carbocycles. The Morgan fingerprint density at radius 2 is 2.31 bits per heavy atom. The first-order valence-corrected chi connectivity index (χ1v) is 4.57. The predicted octanol–water partition coefficient (Wildman–Crippen LogP) is 1.02. The first-order chi connectivity index (χ1) is 6.25. The standard InChI is InChI=1S/C9H15N3O/c1-2-3-4-7-12-9(13)8(10)5-6-11-12/h5-6H,2-4,7,10H2,1H3. The molecule has 0 aromatic carbocycles. The van der Waals surface area contributed by atoms with Crippen LogP contribution in [0.2, 0.25) is 0 Å². The molecule has 0 amide bonds. The van der Waals surface area contributed by atoms with E-state index in [1.54, 1.807) is 6.20 Å². The van der Waals surface area contributed by atoms with Crippen LogP contribution in [0.4, 0.5) is 5.69 Å². The number of nitrogen functional groups attached to an aromatic ring is 1. The van der Waals surface area contributed by atoms with Crippen LogP contribution in [0.15, 0.2) is 17.1 Å². The Hall–Kier alpha value is -1.32. The van der Waals surface area contributed by atoms with Gasteiger partial charge in [0, 0.05) is 12.7 Å². The summed E-state index contributed by atoms with van der Waals surface area (Å²) in [6.45, 7) is 2.78. The molecule has 1 aromatic heterocycles. The van der Waals surface area contributed by atoms with Crippen LogP contribution in [0.25, 0.3) is 0 Å². The molecular weight excluding hydrogens is 166 g/mol. The average molecular weight is 181 g/mol. The highest BCUT2D eigenvalue weighted by atomic mass is 16.1. The molecular formula is C9H15N3O. The fourth-order valence-electron chi connectivity index (χ4n) is 1.14. The molecule has 0 aliphatic rings. The van der Waals surface area contributed by atoms with Gasteiger partial charge in [0.1, 0.15) is 5.69 Å². The number of nitrogens with zero attached hydrogens (tertiary/aromatic N) is 2. The Labute approximate surface area is 77.4 Å². The van der Waals surface area contributed by atoms with Crippen molar-refractivity contribution in [3.8, 4) is 0 Å². The van der Waals surface area contributed by atoms with Crippen LogP contribution in [-0.4, -0.2) is 9.78 Å². The van der Waals surface area contributed by atoms with Crippen molar-refractivity contribution in [1.29, 1.82) is 0 Å². The summed E-state index contributed by atoms with van der Waals surface area (Å²) in [4.78, 5) is 11.3. The van der Waals surface area contributed by atoms with E-state index in [4.69, 9.17) is 5.73 Å². The van der Waals surface area contributed by atoms with Crippen molar-refractivity contribution in [2.45, 2.75) is 32.7 Å². The third-order valence-corrected chi connectivity index (χ3v) is 1.91. The van der Waals surface area contributed by atoms with Crippen molar-refractivity contribution in [1.82, 2.24) is 9.78 Å². The van der Waals surface area contributed by atoms with Gasteiger partial charge in [-0.15, -0.1) is 0 Å². The van der Waals surface area contributed by atoms with Gasteiger partial charge in [0.25, 0.3) is 5.56 Å². The molecule has 0 aliphatic heterocycles. The summed E-state index contributed by atoms with van der Waals surface area (Å²) in [5.74, 6) is 0. The third-order valence-electron chi connectivity index (χ3n) is 1.91. The molecule has 72 valence electrons. The fraction of sp³-hybridized carbons (Fsp3) is 0.556. The van der Waals surface area contributed by atoms with Crippen molar-refractivity contribution in [2.24, 2.45) is 0 Å². The van der Waals surface area contributed by atoms with Crippen molar-refractivity contribution in [3.63, 3.8) is 0 Å². The maximum atomic E-state index is 11.3. The minimum atomic E-state index is -0.182. The van der Waals surface area contributed by atoms with Gasteiger partial charge in [-0.05, 0) is 12.5 Å². The minimum absolute atomic E-state index is 0.182. The van der Waals surface area contributed by atoms with Gasteiger partial charge in [0.05, 0.1) is 0 Å². The summed E-state index contributed by atoms with van der Waals surface area (Å²) < 4.78 is 1.42. The third kappa shape index (κ3) is 2.57. The molecule has 4 nitrogen and oxygen atoms in total. The summed E-state index contributed by atoms with van der Waals surface area (Å²) >= 11 is 0. The average Bonchev–Trinajstić information content (AvgIpc) is 2.13. The number of rotatable bonds is 4. The highest BCUT2D eigenvalue weighted by molar-refractivity contribution is 5.31. The SMILES string of the molecule is CCCCCn1nccc(N)c1=O. The predicted molar refractivity (Wildman–Crippen MR) is 52.4 cm³/mol. The molecule has 4 heteroatoms. The molecule has 0 spiro atoms. The highest BCUT2D eigenvalue weighted by Crippen LogP contribution is 1.96. The molecule has 0 radical (unpaired) electrons. The number of aromatic nitrogens is 2. The van der Waals surface area contributed by atoms with Crippen LogP contribution in [-0.2, 0) is 6.54 Å². The smallest absolute Gasteiger partial charge is 0.289 e. The quantitative estimate of drug-likeness (QED) is 0.705. The normalized spacial score (nSPS) is 10.2. The Balaban J connectivity index is 2.67. The maximum Gasteiger partial charge on any atom is 0.289 e. The van der Waals surface area contributed by atoms with Gasteiger partial charge in [-0.25, -0.2) is 4.68 Å². The first kappa shape index (κ1) is 9.77. The molecule has 1 aromatic rings. The molecule has 0 fully saturated rings. The monoisotopic (exact) mass is 181 g/mol. The largest absolute Gasteiger partial charge is 0.394 e.